The number of aromatic nitrogens is 2. The van der Waals surface area contributed by atoms with Gasteiger partial charge in [0.05, 0.1) is 32.1 Å². The quantitative estimate of drug-likeness (QED) is 0.311. The summed E-state index contributed by atoms with van der Waals surface area (Å²) in [6, 6.07) is 20.0. The van der Waals surface area contributed by atoms with Gasteiger partial charge in [0.2, 0.25) is 0 Å². The maximum atomic E-state index is 12.7. The molecule has 0 atom stereocenters. The molecule has 2 aromatic carbocycles. The Morgan fingerprint density at radius 1 is 1.11 bits per heavy atom. The van der Waals surface area contributed by atoms with Crippen molar-refractivity contribution < 1.29 is 14.6 Å². The van der Waals surface area contributed by atoms with E-state index in [1.807, 2.05) is 41.8 Å². The summed E-state index contributed by atoms with van der Waals surface area (Å²) in [4.78, 5) is 21.8. The van der Waals surface area contributed by atoms with Crippen molar-refractivity contribution >= 4 is 28.8 Å². The number of imidazole rings is 1. The molecule has 0 saturated carbocycles. The number of carbonyl (C=O) groups is 1. The average molecular weight is 551 g/mol. The molecular formula is C29H31ClN4O3S. The molecule has 0 spiro atoms. The molecule has 1 fully saturated rings. The number of thiophene rings is 1. The van der Waals surface area contributed by atoms with Crippen molar-refractivity contribution in [1.29, 1.82) is 0 Å². The summed E-state index contributed by atoms with van der Waals surface area (Å²) >= 11 is 7.92. The predicted octanol–water partition coefficient (Wildman–Crippen LogP) is 4.88. The number of nitrogens with zero attached hydrogens (tertiary/aromatic N) is 3. The standard InChI is InChI=1S/C29H31ClN4O3S/c1-20-32-28(30)26(19-35)34(20)17-21-7-9-22(10-8-21)25-15-24(18-33-11-13-37-14-12-33)38-27(25)16-31-29(36)23-5-3-2-4-6-23/h2-10,15,35H,11-14,16-19H2,1H3,(H,31,36). The maximum absolute atomic E-state index is 12.7. The summed E-state index contributed by atoms with van der Waals surface area (Å²) in [5, 5.41) is 13.2. The van der Waals surface area contributed by atoms with Gasteiger partial charge in [-0.2, -0.15) is 0 Å². The Morgan fingerprint density at radius 3 is 2.55 bits per heavy atom. The highest BCUT2D eigenvalue weighted by Crippen LogP contribution is 2.33. The van der Waals surface area contributed by atoms with Crippen LogP contribution in [-0.2, 0) is 31.0 Å². The Morgan fingerprint density at radius 2 is 1.84 bits per heavy atom. The first kappa shape index (κ1) is 26.6. The predicted molar refractivity (Wildman–Crippen MR) is 150 cm³/mol. The molecule has 0 radical (unpaired) electrons. The van der Waals surface area contributed by atoms with Crippen LogP contribution in [0.3, 0.4) is 0 Å². The van der Waals surface area contributed by atoms with Crippen LogP contribution in [0.2, 0.25) is 5.15 Å². The highest BCUT2D eigenvalue weighted by Gasteiger charge is 2.17. The number of nitrogens with one attached hydrogen (secondary N) is 1. The number of ether oxygens (including phenoxy) is 1. The van der Waals surface area contributed by atoms with Crippen LogP contribution in [0.5, 0.6) is 0 Å². The number of aliphatic hydroxyl groups excluding tert-OH is 1. The van der Waals surface area contributed by atoms with E-state index in [9.17, 15) is 9.90 Å². The number of halogens is 1. The van der Waals surface area contributed by atoms with Crippen LogP contribution in [0.1, 0.15) is 37.2 Å². The Labute approximate surface area is 231 Å². The summed E-state index contributed by atoms with van der Waals surface area (Å²) in [5.74, 6) is 0.689. The molecule has 9 heteroatoms. The number of benzene rings is 2. The zero-order valence-corrected chi connectivity index (χ0v) is 22.9. The molecular weight excluding hydrogens is 520 g/mol. The first-order chi connectivity index (χ1) is 18.5. The normalized spacial score (nSPS) is 14.1. The number of hydrogen-bond donors (Lipinski definition) is 2. The molecule has 198 valence electrons. The number of amides is 1. The molecule has 4 aromatic rings. The van der Waals surface area contributed by atoms with E-state index in [1.54, 1.807) is 11.3 Å². The van der Waals surface area contributed by atoms with Gasteiger partial charge in [-0.05, 0) is 41.8 Å². The van der Waals surface area contributed by atoms with E-state index >= 15 is 0 Å². The van der Waals surface area contributed by atoms with E-state index in [0.29, 0.717) is 29.5 Å². The van der Waals surface area contributed by atoms with Crippen LogP contribution in [0, 0.1) is 6.92 Å². The number of hydrogen-bond acceptors (Lipinski definition) is 6. The minimum atomic E-state index is -0.156. The molecule has 2 N–H and O–H groups in total. The van der Waals surface area contributed by atoms with Gasteiger partial charge in [0.25, 0.3) is 5.91 Å². The van der Waals surface area contributed by atoms with Crippen molar-refractivity contribution in [3.63, 3.8) is 0 Å². The highest BCUT2D eigenvalue weighted by atomic mass is 35.5. The lowest BCUT2D eigenvalue weighted by atomic mass is 10.0. The third-order valence-electron chi connectivity index (χ3n) is 6.76. The number of rotatable bonds is 9. The molecule has 38 heavy (non-hydrogen) atoms. The van der Waals surface area contributed by atoms with Gasteiger partial charge in [-0.3, -0.25) is 9.69 Å². The molecule has 2 aromatic heterocycles. The minimum Gasteiger partial charge on any atom is -0.390 e. The summed E-state index contributed by atoms with van der Waals surface area (Å²) in [6.07, 6.45) is 0. The van der Waals surface area contributed by atoms with Crippen LogP contribution in [0.4, 0.5) is 0 Å². The molecule has 3 heterocycles. The minimum absolute atomic E-state index is 0.0796. The molecule has 1 aliphatic rings. The summed E-state index contributed by atoms with van der Waals surface area (Å²) in [6.45, 7) is 7.02. The number of morpholine rings is 1. The largest absolute Gasteiger partial charge is 0.390 e. The summed E-state index contributed by atoms with van der Waals surface area (Å²) in [7, 11) is 0. The Bertz CT molecular complexity index is 1380. The molecule has 1 saturated heterocycles. The van der Waals surface area contributed by atoms with E-state index in [4.69, 9.17) is 16.3 Å². The molecule has 0 unspecified atom stereocenters. The topological polar surface area (TPSA) is 79.6 Å². The van der Waals surface area contributed by atoms with Gasteiger partial charge < -0.3 is 19.7 Å². The molecule has 0 bridgehead atoms. The average Bonchev–Trinajstić information content (AvgIpc) is 3.47. The summed E-state index contributed by atoms with van der Waals surface area (Å²) < 4.78 is 7.44. The van der Waals surface area contributed by atoms with Crippen molar-refractivity contribution in [1.82, 2.24) is 19.8 Å². The smallest absolute Gasteiger partial charge is 0.251 e. The molecule has 7 nitrogen and oxygen atoms in total. The monoisotopic (exact) mass is 550 g/mol. The lowest BCUT2D eigenvalue weighted by molar-refractivity contribution is 0.0346. The van der Waals surface area contributed by atoms with Crippen molar-refractivity contribution in [3.8, 4) is 11.1 Å². The second-order valence-corrected chi connectivity index (χ2v) is 10.9. The SMILES string of the molecule is Cc1nc(Cl)c(CO)n1Cc1ccc(-c2cc(CN3CCOCC3)sc2CNC(=O)c2ccccc2)cc1. The molecule has 1 amide bonds. The van der Waals surface area contributed by atoms with Crippen molar-refractivity contribution in [3.05, 3.63) is 98.2 Å². The lowest BCUT2D eigenvalue weighted by Gasteiger charge is -2.25. The van der Waals surface area contributed by atoms with E-state index in [1.165, 1.54) is 4.88 Å². The fourth-order valence-electron chi connectivity index (χ4n) is 4.68. The van der Waals surface area contributed by atoms with Crippen molar-refractivity contribution in [2.45, 2.75) is 33.2 Å². The maximum Gasteiger partial charge on any atom is 0.251 e. The molecule has 5 rings (SSSR count). The van der Waals surface area contributed by atoms with Gasteiger partial charge in [-0.25, -0.2) is 4.98 Å². The molecule has 1 aliphatic heterocycles. The van der Waals surface area contributed by atoms with Gasteiger partial charge in [0, 0.05) is 41.5 Å². The zero-order valence-electron chi connectivity index (χ0n) is 21.3. The zero-order chi connectivity index (χ0) is 26.5. The number of aryl methyl sites for hydroxylation is 1. The van der Waals surface area contributed by atoms with Gasteiger partial charge in [0.15, 0.2) is 5.15 Å². The van der Waals surface area contributed by atoms with E-state index in [-0.39, 0.29) is 12.5 Å². The van der Waals surface area contributed by atoms with Crippen LogP contribution in [0.15, 0.2) is 60.7 Å². The lowest BCUT2D eigenvalue weighted by Crippen LogP contribution is -2.35. The number of aliphatic hydroxyl groups is 1. The van der Waals surface area contributed by atoms with E-state index < -0.39 is 0 Å². The highest BCUT2D eigenvalue weighted by molar-refractivity contribution is 7.12. The Kier molecular flexibility index (Phi) is 8.56. The fraction of sp³-hybridized carbons (Fsp3) is 0.310. The van der Waals surface area contributed by atoms with Crippen molar-refractivity contribution in [2.24, 2.45) is 0 Å². The van der Waals surface area contributed by atoms with E-state index in [0.717, 1.165) is 60.2 Å². The fourth-order valence-corrected chi connectivity index (χ4v) is 6.13. The van der Waals surface area contributed by atoms with Gasteiger partial charge in [0.1, 0.15) is 5.82 Å². The number of carbonyl (C=O) groups excluding carboxylic acids is 1. The third-order valence-corrected chi connectivity index (χ3v) is 8.18. The Balaban J connectivity index is 1.37. The van der Waals surface area contributed by atoms with Crippen molar-refractivity contribution in [2.75, 3.05) is 26.3 Å². The molecule has 0 aliphatic carbocycles. The van der Waals surface area contributed by atoms with Crippen LogP contribution < -0.4 is 5.32 Å². The second-order valence-electron chi connectivity index (χ2n) is 9.32. The Hall–Kier alpha value is -3.01. The van der Waals surface area contributed by atoms with Gasteiger partial charge in [-0.15, -0.1) is 11.3 Å². The van der Waals surface area contributed by atoms with Crippen LogP contribution in [-0.4, -0.2) is 51.8 Å². The summed E-state index contributed by atoms with van der Waals surface area (Å²) in [5.41, 5.74) is 4.60. The van der Waals surface area contributed by atoms with Crippen LogP contribution in [0.25, 0.3) is 11.1 Å². The first-order valence-electron chi connectivity index (χ1n) is 12.7. The van der Waals surface area contributed by atoms with Crippen LogP contribution >= 0.6 is 22.9 Å². The van der Waals surface area contributed by atoms with Gasteiger partial charge >= 0.3 is 0 Å². The third kappa shape index (κ3) is 6.17. The van der Waals surface area contributed by atoms with Gasteiger partial charge in [-0.1, -0.05) is 54.1 Å². The first-order valence-corrected chi connectivity index (χ1v) is 13.9. The second kappa shape index (κ2) is 12.2. The van der Waals surface area contributed by atoms with E-state index in [2.05, 4.69) is 45.5 Å².